The Morgan fingerprint density at radius 3 is 3.00 bits per heavy atom. The lowest BCUT2D eigenvalue weighted by molar-refractivity contribution is -0.193. The largest absolute Gasteiger partial charge is 0.481 e. The predicted molar refractivity (Wildman–Crippen MR) is 82.3 cm³/mol. The fourth-order valence-corrected chi connectivity index (χ4v) is 3.79. The zero-order valence-corrected chi connectivity index (χ0v) is 12.4. The van der Waals surface area contributed by atoms with Gasteiger partial charge in [-0.25, -0.2) is 0 Å². The third kappa shape index (κ3) is 1.82. The van der Waals surface area contributed by atoms with E-state index in [0.29, 0.717) is 6.61 Å². The van der Waals surface area contributed by atoms with E-state index in [2.05, 4.69) is 16.7 Å². The summed E-state index contributed by atoms with van der Waals surface area (Å²) < 4.78 is 2.12. The summed E-state index contributed by atoms with van der Waals surface area (Å²) in [5.74, 6) is -1.40. The number of nitrogens with zero attached hydrogens (tertiary/aromatic N) is 2. The quantitative estimate of drug-likeness (QED) is 0.821. The van der Waals surface area contributed by atoms with Crippen LogP contribution in [0.5, 0.6) is 0 Å². The molecule has 0 unspecified atom stereocenters. The number of aromatic nitrogens is 1. The number of rotatable bonds is 1. The Bertz CT molecular complexity index is 778. The summed E-state index contributed by atoms with van der Waals surface area (Å²) in [6.07, 6.45) is 4.44. The van der Waals surface area contributed by atoms with Crippen LogP contribution in [0.3, 0.4) is 0 Å². The molecule has 2 aliphatic rings. The second kappa shape index (κ2) is 4.97. The molecule has 1 N–H and O–H groups in total. The van der Waals surface area contributed by atoms with E-state index in [0.717, 1.165) is 24.2 Å². The number of hydroxylamine groups is 2. The Hall–Kier alpha value is -2.11. The Morgan fingerprint density at radius 2 is 2.18 bits per heavy atom. The maximum Gasteiger partial charge on any atom is 0.312 e. The molecule has 4 rings (SSSR count). The molecule has 0 aliphatic carbocycles. The standard InChI is InChI=1S/C17H18N2O3/c1-18-14-7-3-2-5-11(14)12-8-9-19-16(15(12)18)13(17(20)21)6-4-10-22-19/h2-7,13,16H,8-10H2,1H3,(H,20,21)/t13-,16+/m1/s1. The van der Waals surface area contributed by atoms with Gasteiger partial charge in [0.2, 0.25) is 0 Å². The van der Waals surface area contributed by atoms with Gasteiger partial charge in [0.25, 0.3) is 0 Å². The van der Waals surface area contributed by atoms with E-state index in [1.807, 2.05) is 24.2 Å². The first-order valence-corrected chi connectivity index (χ1v) is 7.53. The molecule has 2 atom stereocenters. The highest BCUT2D eigenvalue weighted by molar-refractivity contribution is 5.86. The van der Waals surface area contributed by atoms with Gasteiger partial charge >= 0.3 is 5.97 Å². The van der Waals surface area contributed by atoms with Crippen molar-refractivity contribution in [3.63, 3.8) is 0 Å². The molecule has 0 saturated carbocycles. The number of para-hydroxylation sites is 1. The molecule has 0 amide bonds. The highest BCUT2D eigenvalue weighted by Gasteiger charge is 2.41. The molecule has 5 nitrogen and oxygen atoms in total. The summed E-state index contributed by atoms with van der Waals surface area (Å²) in [5, 5.41) is 12.7. The molecule has 2 aliphatic heterocycles. The SMILES string of the molecule is Cn1c2c(c3ccccc31)CCN1OCC=C[C@@H](C(=O)O)[C@@H]21. The lowest BCUT2D eigenvalue weighted by atomic mass is 9.89. The summed E-state index contributed by atoms with van der Waals surface area (Å²) in [4.78, 5) is 17.5. The zero-order valence-electron chi connectivity index (χ0n) is 12.4. The maximum absolute atomic E-state index is 11.8. The van der Waals surface area contributed by atoms with Gasteiger partial charge in [-0.1, -0.05) is 30.4 Å². The minimum Gasteiger partial charge on any atom is -0.481 e. The normalized spacial score (nSPS) is 24.8. The van der Waals surface area contributed by atoms with Crippen LogP contribution in [0.25, 0.3) is 10.9 Å². The van der Waals surface area contributed by atoms with E-state index in [4.69, 9.17) is 4.84 Å². The van der Waals surface area contributed by atoms with Gasteiger partial charge in [0.1, 0.15) is 0 Å². The van der Waals surface area contributed by atoms with Crippen LogP contribution in [-0.4, -0.2) is 33.9 Å². The smallest absolute Gasteiger partial charge is 0.312 e. The highest BCUT2D eigenvalue weighted by atomic mass is 16.7. The van der Waals surface area contributed by atoms with E-state index in [-0.39, 0.29) is 6.04 Å². The molecule has 2 aromatic rings. The Balaban J connectivity index is 1.96. The van der Waals surface area contributed by atoms with Crippen LogP contribution in [0, 0.1) is 5.92 Å². The van der Waals surface area contributed by atoms with Crippen molar-refractivity contribution in [2.75, 3.05) is 13.2 Å². The van der Waals surface area contributed by atoms with Gasteiger partial charge < -0.3 is 9.67 Å². The Morgan fingerprint density at radius 1 is 1.36 bits per heavy atom. The third-order valence-electron chi connectivity index (χ3n) is 4.74. The Kier molecular flexibility index (Phi) is 3.06. The molecule has 5 heteroatoms. The van der Waals surface area contributed by atoms with E-state index < -0.39 is 11.9 Å². The average molecular weight is 298 g/mol. The van der Waals surface area contributed by atoms with Crippen LogP contribution in [0.1, 0.15) is 17.3 Å². The van der Waals surface area contributed by atoms with Crippen molar-refractivity contribution in [2.45, 2.75) is 12.5 Å². The molecule has 22 heavy (non-hydrogen) atoms. The van der Waals surface area contributed by atoms with Gasteiger partial charge in [-0.3, -0.25) is 9.63 Å². The zero-order chi connectivity index (χ0) is 15.3. The molecule has 0 bridgehead atoms. The van der Waals surface area contributed by atoms with Crippen LogP contribution in [0.15, 0.2) is 36.4 Å². The van der Waals surface area contributed by atoms with E-state index in [1.165, 1.54) is 10.9 Å². The number of carboxylic acid groups (broad SMARTS) is 1. The van der Waals surface area contributed by atoms with Crippen LogP contribution in [0.4, 0.5) is 0 Å². The van der Waals surface area contributed by atoms with Crippen LogP contribution < -0.4 is 0 Å². The van der Waals surface area contributed by atoms with Gasteiger partial charge in [0, 0.05) is 30.2 Å². The molecule has 0 radical (unpaired) electrons. The number of hydrogen-bond acceptors (Lipinski definition) is 3. The molecular weight excluding hydrogens is 280 g/mol. The second-order valence-electron chi connectivity index (χ2n) is 5.86. The molecular formula is C17H18N2O3. The van der Waals surface area contributed by atoms with Crippen molar-refractivity contribution in [3.05, 3.63) is 47.7 Å². The van der Waals surface area contributed by atoms with Gasteiger partial charge in [-0.15, -0.1) is 0 Å². The van der Waals surface area contributed by atoms with Crippen molar-refractivity contribution < 1.29 is 14.7 Å². The lowest BCUT2D eigenvalue weighted by Gasteiger charge is -2.36. The number of carboxylic acids is 1. The second-order valence-corrected chi connectivity index (χ2v) is 5.86. The minimum atomic E-state index is -0.810. The van der Waals surface area contributed by atoms with Crippen LogP contribution >= 0.6 is 0 Å². The van der Waals surface area contributed by atoms with Crippen LogP contribution in [0.2, 0.25) is 0 Å². The maximum atomic E-state index is 11.8. The number of aryl methyl sites for hydroxylation is 1. The Labute approximate surface area is 128 Å². The fourth-order valence-electron chi connectivity index (χ4n) is 3.79. The van der Waals surface area contributed by atoms with Gasteiger partial charge in [0.15, 0.2) is 0 Å². The molecule has 0 fully saturated rings. The number of carbonyl (C=O) groups is 1. The van der Waals surface area contributed by atoms with Gasteiger partial charge in [0.05, 0.1) is 18.6 Å². The summed E-state index contributed by atoms with van der Waals surface area (Å²) in [6, 6.07) is 7.97. The van der Waals surface area contributed by atoms with Crippen molar-refractivity contribution in [1.82, 2.24) is 9.63 Å². The number of aliphatic carboxylic acids is 1. The van der Waals surface area contributed by atoms with E-state index in [9.17, 15) is 9.90 Å². The first-order valence-electron chi connectivity index (χ1n) is 7.53. The molecule has 1 aromatic heterocycles. The first-order chi connectivity index (χ1) is 10.7. The monoisotopic (exact) mass is 298 g/mol. The summed E-state index contributed by atoms with van der Waals surface area (Å²) in [5.41, 5.74) is 3.46. The van der Waals surface area contributed by atoms with Crippen molar-refractivity contribution in [2.24, 2.45) is 13.0 Å². The number of fused-ring (bicyclic) bond motifs is 5. The number of hydrogen-bond donors (Lipinski definition) is 1. The fraction of sp³-hybridized carbons (Fsp3) is 0.353. The molecule has 0 saturated heterocycles. The highest BCUT2D eigenvalue weighted by Crippen LogP contribution is 2.41. The van der Waals surface area contributed by atoms with Gasteiger partial charge in [-0.2, -0.15) is 5.06 Å². The molecule has 0 spiro atoms. The average Bonchev–Trinajstić information content (AvgIpc) is 2.69. The summed E-state index contributed by atoms with van der Waals surface area (Å²) in [6.45, 7) is 1.15. The van der Waals surface area contributed by atoms with Crippen molar-refractivity contribution in [1.29, 1.82) is 0 Å². The molecule has 3 heterocycles. The third-order valence-corrected chi connectivity index (χ3v) is 4.74. The van der Waals surface area contributed by atoms with Crippen LogP contribution in [-0.2, 0) is 23.1 Å². The summed E-state index contributed by atoms with van der Waals surface area (Å²) in [7, 11) is 2.01. The number of benzene rings is 1. The lowest BCUT2D eigenvalue weighted by Crippen LogP contribution is -2.41. The molecule has 1 aromatic carbocycles. The van der Waals surface area contributed by atoms with Crippen molar-refractivity contribution >= 4 is 16.9 Å². The summed E-state index contributed by atoms with van der Waals surface area (Å²) >= 11 is 0. The van der Waals surface area contributed by atoms with Gasteiger partial charge in [-0.05, 0) is 18.1 Å². The van der Waals surface area contributed by atoms with Crippen molar-refractivity contribution in [3.8, 4) is 0 Å². The van der Waals surface area contributed by atoms with E-state index in [1.54, 1.807) is 12.2 Å². The van der Waals surface area contributed by atoms with E-state index >= 15 is 0 Å². The minimum absolute atomic E-state index is 0.280. The first kappa shape index (κ1) is 13.5. The topological polar surface area (TPSA) is 54.7 Å². The predicted octanol–water partition coefficient (Wildman–Crippen LogP) is 2.28. The molecule has 114 valence electrons.